The number of amides is 2. The highest BCUT2D eigenvalue weighted by atomic mass is 28.1. The van der Waals surface area contributed by atoms with Gasteiger partial charge in [0.2, 0.25) is 0 Å². The van der Waals surface area contributed by atoms with Crippen LogP contribution in [0.15, 0.2) is 79.0 Å². The van der Waals surface area contributed by atoms with Gasteiger partial charge in [-0.1, -0.05) is 42.5 Å². The van der Waals surface area contributed by atoms with E-state index in [1.165, 1.54) is 53.3 Å². The third kappa shape index (κ3) is 5.72. The number of anilines is 2. The van der Waals surface area contributed by atoms with E-state index in [1.54, 1.807) is 35.2 Å². The number of likely N-dealkylation sites (N-methyl/N-ethyl adjacent to an activating group) is 1. The van der Waals surface area contributed by atoms with E-state index in [0.717, 1.165) is 19.5 Å². The van der Waals surface area contributed by atoms with Gasteiger partial charge in [0.15, 0.2) is 0 Å². The van der Waals surface area contributed by atoms with Crippen LogP contribution in [0.25, 0.3) is 0 Å². The summed E-state index contributed by atoms with van der Waals surface area (Å²) in [6, 6.07) is 20.2. The Bertz CT molecular complexity index is 1800. The Morgan fingerprint density at radius 1 is 1.13 bits per heavy atom. The monoisotopic (exact) mass is 626 g/mol. The number of carbonyl (C=O) groups is 2. The van der Waals surface area contributed by atoms with E-state index in [4.69, 9.17) is 4.74 Å². The molecule has 2 aliphatic rings. The molecule has 230 valence electrons. The number of alkyl halides is 2. The second kappa shape index (κ2) is 11.6. The number of hydrogen-bond acceptors (Lipinski definition) is 6. The molecule has 2 atom stereocenters. The van der Waals surface area contributed by atoms with Crippen molar-refractivity contribution in [2.45, 2.75) is 37.1 Å². The number of ether oxygens (including phenoxy) is 1. The SMILES string of the molecule is CN1CC[C@H](Oc2ccc(NC(=O)c3cnn4c3C(=O)N(c3ccc(C(F)(F)c5ccccc5)cc3)[C@@](C)([SiH3])C4)cc2C#N)C1. The van der Waals surface area contributed by atoms with Crippen molar-refractivity contribution in [1.82, 2.24) is 14.7 Å². The molecule has 0 radical (unpaired) electrons. The Hall–Kier alpha value is -4.86. The lowest BCUT2D eigenvalue weighted by Crippen LogP contribution is -2.58. The highest BCUT2D eigenvalue weighted by Gasteiger charge is 2.43. The summed E-state index contributed by atoms with van der Waals surface area (Å²) in [6.45, 7) is 3.92. The van der Waals surface area contributed by atoms with Crippen LogP contribution in [0.4, 0.5) is 20.2 Å². The van der Waals surface area contributed by atoms with Gasteiger partial charge in [0.05, 0.1) is 23.9 Å². The number of nitriles is 1. The van der Waals surface area contributed by atoms with Crippen molar-refractivity contribution in [2.24, 2.45) is 0 Å². The summed E-state index contributed by atoms with van der Waals surface area (Å²) in [4.78, 5) is 31.2. The maximum absolute atomic E-state index is 15.2. The van der Waals surface area contributed by atoms with Gasteiger partial charge >= 0.3 is 0 Å². The zero-order valence-electron chi connectivity index (χ0n) is 25.1. The number of fused-ring (bicyclic) bond motifs is 1. The molecule has 1 aromatic heterocycles. The van der Waals surface area contributed by atoms with Gasteiger partial charge in [-0.15, -0.1) is 0 Å². The molecular weight excluding hydrogens is 594 g/mol. The van der Waals surface area contributed by atoms with Gasteiger partial charge in [0.25, 0.3) is 17.7 Å². The number of likely N-dealkylation sites (tertiary alicyclic amines) is 1. The minimum atomic E-state index is -3.21. The molecular formula is C33H32F2N6O3Si. The van der Waals surface area contributed by atoms with Crippen LogP contribution in [0.1, 0.15) is 50.9 Å². The van der Waals surface area contributed by atoms with Crippen molar-refractivity contribution in [2.75, 3.05) is 30.4 Å². The minimum Gasteiger partial charge on any atom is -0.488 e. The first kappa shape index (κ1) is 30.2. The van der Waals surface area contributed by atoms with E-state index in [1.807, 2.05) is 14.0 Å². The zero-order valence-corrected chi connectivity index (χ0v) is 27.1. The van der Waals surface area contributed by atoms with E-state index in [-0.39, 0.29) is 34.1 Å². The highest BCUT2D eigenvalue weighted by Crippen LogP contribution is 2.38. The van der Waals surface area contributed by atoms with Crippen molar-refractivity contribution in [3.63, 3.8) is 0 Å². The molecule has 2 amide bonds. The number of carbonyl (C=O) groups excluding carboxylic acids is 2. The molecule has 12 heteroatoms. The van der Waals surface area contributed by atoms with Gasteiger partial charge in [-0.25, -0.2) is 0 Å². The van der Waals surface area contributed by atoms with Gasteiger partial charge in [0.1, 0.15) is 23.6 Å². The van der Waals surface area contributed by atoms with Crippen LogP contribution in [-0.4, -0.2) is 68.1 Å². The van der Waals surface area contributed by atoms with Crippen molar-refractivity contribution in [1.29, 1.82) is 5.26 Å². The summed E-state index contributed by atoms with van der Waals surface area (Å²) in [6.07, 6.45) is 2.20. The smallest absolute Gasteiger partial charge is 0.298 e. The Morgan fingerprint density at radius 2 is 1.84 bits per heavy atom. The minimum absolute atomic E-state index is 0.0145. The van der Waals surface area contributed by atoms with Crippen LogP contribution >= 0.6 is 0 Å². The molecule has 0 spiro atoms. The first-order valence-corrected chi connectivity index (χ1v) is 15.6. The first-order chi connectivity index (χ1) is 21.5. The summed E-state index contributed by atoms with van der Waals surface area (Å²) in [5.74, 6) is -3.77. The quantitative estimate of drug-likeness (QED) is 0.312. The molecule has 0 bridgehead atoms. The molecule has 1 fully saturated rings. The number of aromatic nitrogens is 2. The molecule has 0 saturated carbocycles. The Kier molecular flexibility index (Phi) is 7.76. The van der Waals surface area contributed by atoms with E-state index in [2.05, 4.69) is 21.4 Å². The summed E-state index contributed by atoms with van der Waals surface area (Å²) in [7, 11) is 2.55. The van der Waals surface area contributed by atoms with Crippen molar-refractivity contribution >= 4 is 33.4 Å². The molecule has 0 aliphatic carbocycles. The van der Waals surface area contributed by atoms with Crippen LogP contribution < -0.4 is 15.0 Å². The maximum Gasteiger partial charge on any atom is 0.298 e. The second-order valence-electron chi connectivity index (χ2n) is 12.1. The Morgan fingerprint density at radius 3 is 2.51 bits per heavy atom. The number of nitrogens with zero attached hydrogens (tertiary/aromatic N) is 5. The lowest BCUT2D eigenvalue weighted by Gasteiger charge is -2.42. The average Bonchev–Trinajstić information content (AvgIpc) is 3.63. The number of benzene rings is 3. The fourth-order valence-electron chi connectivity index (χ4n) is 5.98. The van der Waals surface area contributed by atoms with Gasteiger partial charge in [-0.2, -0.15) is 19.1 Å². The van der Waals surface area contributed by atoms with Crippen molar-refractivity contribution < 1.29 is 23.1 Å². The number of rotatable bonds is 7. The maximum atomic E-state index is 15.2. The molecule has 3 aromatic carbocycles. The molecule has 2 aliphatic heterocycles. The normalized spacial score (nSPS) is 20.1. The van der Waals surface area contributed by atoms with Crippen LogP contribution in [0.5, 0.6) is 5.75 Å². The lowest BCUT2D eigenvalue weighted by atomic mass is 9.99. The first-order valence-electron chi connectivity index (χ1n) is 14.6. The lowest BCUT2D eigenvalue weighted by molar-refractivity contribution is 0.0428. The van der Waals surface area contributed by atoms with Crippen LogP contribution in [0.2, 0.25) is 0 Å². The highest BCUT2D eigenvalue weighted by molar-refractivity contribution is 6.25. The van der Waals surface area contributed by atoms with Crippen LogP contribution in [-0.2, 0) is 12.5 Å². The van der Waals surface area contributed by atoms with E-state index >= 15 is 8.78 Å². The number of halogens is 2. The molecule has 3 heterocycles. The fourth-order valence-corrected chi connectivity index (χ4v) is 6.74. The molecule has 45 heavy (non-hydrogen) atoms. The molecule has 9 nitrogen and oxygen atoms in total. The summed E-state index contributed by atoms with van der Waals surface area (Å²) in [5.41, 5.74) is 0.972. The summed E-state index contributed by atoms with van der Waals surface area (Å²) >= 11 is 0. The van der Waals surface area contributed by atoms with E-state index in [0.29, 0.717) is 33.9 Å². The standard InChI is InChI=1S/C33H32F2N6O3Si/c1-32(45)20-40-29(31(43)41(32)25-11-8-23(9-12-25)33(34,35)22-6-4-3-5-7-22)27(18-37-40)30(42)38-24-10-13-28(21(16-24)17-36)44-26-14-15-39(2)19-26/h3-13,16,18,26H,14-15,19-20H2,1-2,45H3,(H,38,42)/t26-,32-/m0/s1. The van der Waals surface area contributed by atoms with E-state index in [9.17, 15) is 14.9 Å². The van der Waals surface area contributed by atoms with Crippen LogP contribution in [0.3, 0.4) is 0 Å². The van der Waals surface area contributed by atoms with Crippen molar-refractivity contribution in [3.8, 4) is 11.8 Å². The topological polar surface area (TPSA) is 103 Å². The van der Waals surface area contributed by atoms with Crippen LogP contribution in [0, 0.1) is 11.3 Å². The predicted molar refractivity (Wildman–Crippen MR) is 169 cm³/mol. The summed E-state index contributed by atoms with van der Waals surface area (Å²) in [5, 5.41) is 16.2. The second-order valence-corrected chi connectivity index (χ2v) is 14.2. The molecule has 1 N–H and O–H groups in total. The molecule has 6 rings (SSSR count). The molecule has 4 aromatic rings. The predicted octanol–water partition coefficient (Wildman–Crippen LogP) is 3.97. The number of hydrogen-bond donors (Lipinski definition) is 1. The third-order valence-corrected chi connectivity index (χ3v) is 9.02. The number of nitrogens with one attached hydrogen (secondary N) is 1. The average molecular weight is 627 g/mol. The largest absolute Gasteiger partial charge is 0.488 e. The molecule has 1 saturated heterocycles. The van der Waals surface area contributed by atoms with Gasteiger partial charge in [0, 0.05) is 51.0 Å². The Labute approximate surface area is 262 Å². The van der Waals surface area contributed by atoms with Gasteiger partial charge in [-0.3, -0.25) is 14.3 Å². The summed E-state index contributed by atoms with van der Waals surface area (Å²) < 4.78 is 37.9. The molecule has 0 unspecified atom stereocenters. The van der Waals surface area contributed by atoms with Gasteiger partial charge in [-0.05, 0) is 50.7 Å². The zero-order chi connectivity index (χ0) is 31.9. The third-order valence-electron chi connectivity index (χ3n) is 8.26. The van der Waals surface area contributed by atoms with Gasteiger partial charge < -0.3 is 19.9 Å². The van der Waals surface area contributed by atoms with E-state index < -0.39 is 22.9 Å². The Balaban J connectivity index is 1.23. The van der Waals surface area contributed by atoms with Crippen molar-refractivity contribution in [3.05, 3.63) is 107 Å². The fraction of sp³-hybridized carbons (Fsp3) is 0.273.